The Morgan fingerprint density at radius 2 is 1.66 bits per heavy atom. The molecule has 5 saturated heterocycles. The summed E-state index contributed by atoms with van der Waals surface area (Å²) in [4.78, 5) is 101. The Morgan fingerprint density at radius 1 is 0.864 bits per heavy atom. The highest BCUT2D eigenvalue weighted by atomic mass is 16.2. The molecule has 0 saturated carbocycles. The number of urea groups is 1. The van der Waals surface area contributed by atoms with Crippen LogP contribution in [0.5, 0.6) is 0 Å². The van der Waals surface area contributed by atoms with Gasteiger partial charge >= 0.3 is 6.03 Å². The zero-order valence-corrected chi connectivity index (χ0v) is 33.0. The Kier molecular flexibility index (Phi) is 10.1. The number of amides is 7. The van der Waals surface area contributed by atoms with E-state index in [0.717, 1.165) is 87.8 Å². The summed E-state index contributed by atoms with van der Waals surface area (Å²) in [5.41, 5.74) is 8.88. The predicted molar refractivity (Wildman–Crippen MR) is 215 cm³/mol. The van der Waals surface area contributed by atoms with Crippen LogP contribution in [0.15, 0.2) is 42.7 Å². The number of carbonyl (C=O) groups excluding carboxylic acids is 6. The van der Waals surface area contributed by atoms with Gasteiger partial charge in [-0.25, -0.2) is 14.8 Å². The highest BCUT2D eigenvalue weighted by Gasteiger charge is 2.45. The van der Waals surface area contributed by atoms with E-state index in [9.17, 15) is 28.8 Å². The molecule has 0 bridgehead atoms. The molecular weight excluding hydrogens is 757 g/mol. The van der Waals surface area contributed by atoms with E-state index in [1.807, 2.05) is 30.1 Å². The summed E-state index contributed by atoms with van der Waals surface area (Å²) < 4.78 is 0. The van der Waals surface area contributed by atoms with Crippen molar-refractivity contribution in [3.63, 3.8) is 0 Å². The quantitative estimate of drug-likeness (QED) is 0.250. The maximum atomic E-state index is 13.3. The molecule has 308 valence electrons. The van der Waals surface area contributed by atoms with E-state index in [0.29, 0.717) is 42.0 Å². The number of fused-ring (bicyclic) bond motifs is 1. The molecule has 59 heavy (non-hydrogen) atoms. The lowest BCUT2D eigenvalue weighted by Gasteiger charge is -2.44. The molecule has 6 aliphatic rings. The number of anilines is 4. The first-order valence-corrected chi connectivity index (χ1v) is 20.5. The SMILES string of the molecule is CN1CCN(C2CCCN(c3cnc(C(N)=O)c(Nc4ccc(C5CCN(CC6CN(c7ccc8c(c7)C(=O)N([C@@H]7CCC(=O)NC7=O)C8=O)C6)CC5)nc4)n3)C2)C1=O. The largest absolute Gasteiger partial charge is 0.371 e. The fourth-order valence-corrected chi connectivity index (χ4v) is 9.41. The minimum Gasteiger partial charge on any atom is -0.371 e. The first-order valence-electron chi connectivity index (χ1n) is 20.5. The zero-order chi connectivity index (χ0) is 40.9. The van der Waals surface area contributed by atoms with Gasteiger partial charge in [-0.05, 0) is 75.5 Å². The van der Waals surface area contributed by atoms with E-state index in [2.05, 4.69) is 30.3 Å². The standard InChI is InChI=1S/C41H48N12O6/c1-48-15-16-52(41(48)59)28-3-2-12-50(23-28)33-19-44-35(36(42)55)37(46-33)45-26-4-7-31(43-18-26)25-10-13-49(14-11-25)20-24-21-51(22-24)27-5-6-29-30(17-27)40(58)53(39(29)57)32-8-9-34(54)47-38(32)56/h4-7,17-19,24-25,28,32H,2-3,8-16,20-23H2,1H3,(H2,42,55)(H,45,46)(H,47,54,56)/t28?,32-/m1/s1. The van der Waals surface area contributed by atoms with Crippen LogP contribution >= 0.6 is 0 Å². The van der Waals surface area contributed by atoms with Crippen molar-refractivity contribution in [1.29, 1.82) is 0 Å². The van der Waals surface area contributed by atoms with E-state index >= 15 is 0 Å². The summed E-state index contributed by atoms with van der Waals surface area (Å²) in [5, 5.41) is 5.46. The third-order valence-corrected chi connectivity index (χ3v) is 12.7. The van der Waals surface area contributed by atoms with E-state index < -0.39 is 35.6 Å². The number of carbonyl (C=O) groups is 6. The number of hydrogen-bond donors (Lipinski definition) is 3. The number of nitrogens with two attached hydrogens (primary N) is 1. The summed E-state index contributed by atoms with van der Waals surface area (Å²) in [6.07, 6.45) is 7.34. The molecule has 8 heterocycles. The molecule has 6 aliphatic heterocycles. The lowest BCUT2D eigenvalue weighted by Crippen LogP contribution is -2.54. The Bertz CT molecular complexity index is 2200. The third kappa shape index (κ3) is 7.41. The van der Waals surface area contributed by atoms with Gasteiger partial charge in [-0.15, -0.1) is 0 Å². The van der Waals surface area contributed by atoms with Crippen LogP contribution in [0.4, 0.5) is 27.8 Å². The highest BCUT2D eigenvalue weighted by molar-refractivity contribution is 6.23. The van der Waals surface area contributed by atoms with Gasteiger partial charge < -0.3 is 35.6 Å². The number of likely N-dealkylation sites (N-methyl/N-ethyl adjacent to an activating group) is 1. The first kappa shape index (κ1) is 38.4. The van der Waals surface area contributed by atoms with Crippen molar-refractivity contribution in [3.05, 3.63) is 65.2 Å². The summed E-state index contributed by atoms with van der Waals surface area (Å²) in [6.45, 7) is 7.40. The van der Waals surface area contributed by atoms with Crippen molar-refractivity contribution in [3.8, 4) is 0 Å². The topological polar surface area (TPSA) is 211 Å². The molecule has 0 aliphatic carbocycles. The number of aromatic nitrogens is 3. The maximum absolute atomic E-state index is 13.3. The number of imide groups is 2. The molecular formula is C41H48N12O6. The van der Waals surface area contributed by atoms with Crippen LogP contribution in [-0.2, 0) is 9.59 Å². The third-order valence-electron chi connectivity index (χ3n) is 12.7. The van der Waals surface area contributed by atoms with Crippen LogP contribution in [0.3, 0.4) is 0 Å². The number of nitrogens with one attached hydrogen (secondary N) is 2. The minimum atomic E-state index is -0.979. The van der Waals surface area contributed by atoms with E-state index in [1.165, 1.54) is 0 Å². The highest BCUT2D eigenvalue weighted by Crippen LogP contribution is 2.35. The number of pyridine rings is 1. The van der Waals surface area contributed by atoms with Crippen molar-refractivity contribution in [2.45, 2.75) is 56.5 Å². The van der Waals surface area contributed by atoms with Crippen molar-refractivity contribution >= 4 is 58.6 Å². The number of hydrogen-bond acceptors (Lipinski definition) is 13. The summed E-state index contributed by atoms with van der Waals surface area (Å²) in [5.74, 6) is -1.01. The van der Waals surface area contributed by atoms with E-state index in [4.69, 9.17) is 15.7 Å². The fourth-order valence-electron chi connectivity index (χ4n) is 9.41. The summed E-state index contributed by atoms with van der Waals surface area (Å²) in [6, 6.07) is 8.39. The monoisotopic (exact) mass is 804 g/mol. The molecule has 4 N–H and O–H groups in total. The van der Waals surface area contributed by atoms with Gasteiger partial charge in [0.1, 0.15) is 11.9 Å². The van der Waals surface area contributed by atoms with Gasteiger partial charge in [-0.3, -0.25) is 39.2 Å². The molecule has 18 nitrogen and oxygen atoms in total. The second-order valence-electron chi connectivity index (χ2n) is 16.5. The molecule has 3 aromatic rings. The Hall–Kier alpha value is -6.17. The summed E-state index contributed by atoms with van der Waals surface area (Å²) >= 11 is 0. The molecule has 18 heteroatoms. The molecule has 5 fully saturated rings. The molecule has 1 unspecified atom stereocenters. The van der Waals surface area contributed by atoms with Gasteiger partial charge in [0.15, 0.2) is 11.5 Å². The maximum Gasteiger partial charge on any atom is 0.320 e. The van der Waals surface area contributed by atoms with Crippen molar-refractivity contribution < 1.29 is 28.8 Å². The molecule has 9 rings (SSSR count). The summed E-state index contributed by atoms with van der Waals surface area (Å²) in [7, 11) is 1.82. The normalized spacial score (nSPS) is 23.2. The van der Waals surface area contributed by atoms with Crippen molar-refractivity contribution in [1.82, 2.24) is 39.9 Å². The van der Waals surface area contributed by atoms with E-state index in [1.54, 1.807) is 29.4 Å². The van der Waals surface area contributed by atoms with Gasteiger partial charge in [0.2, 0.25) is 11.8 Å². The second-order valence-corrected chi connectivity index (χ2v) is 16.5. The minimum absolute atomic E-state index is 0.0434. The van der Waals surface area contributed by atoms with Crippen molar-refractivity contribution in [2.75, 3.05) is 81.1 Å². The smallest absolute Gasteiger partial charge is 0.320 e. The number of nitrogens with zero attached hydrogens (tertiary/aromatic N) is 9. The molecule has 7 amide bonds. The van der Waals surface area contributed by atoms with Crippen molar-refractivity contribution in [2.24, 2.45) is 11.7 Å². The number of rotatable bonds is 10. The van der Waals surface area contributed by atoms with Crippen LogP contribution in [0, 0.1) is 5.92 Å². The van der Waals surface area contributed by atoms with Crippen LogP contribution in [0.2, 0.25) is 0 Å². The average Bonchev–Trinajstić information content (AvgIpc) is 3.69. The zero-order valence-electron chi connectivity index (χ0n) is 33.0. The van der Waals surface area contributed by atoms with E-state index in [-0.39, 0.29) is 42.0 Å². The predicted octanol–water partition coefficient (Wildman–Crippen LogP) is 1.77. The van der Waals surface area contributed by atoms with Crippen LogP contribution < -0.4 is 26.2 Å². The molecule has 1 aromatic carbocycles. The number of primary amides is 1. The fraction of sp³-hybridized carbons (Fsp3) is 0.488. The lowest BCUT2D eigenvalue weighted by molar-refractivity contribution is -0.136. The van der Waals surface area contributed by atoms with Crippen LogP contribution in [-0.4, -0.2) is 148 Å². The molecule has 2 aromatic heterocycles. The van der Waals surface area contributed by atoms with Gasteiger partial charge in [0.05, 0.1) is 35.2 Å². The lowest BCUT2D eigenvalue weighted by atomic mass is 9.91. The number of likely N-dealkylation sites (tertiary alicyclic amines) is 1. The first-order chi connectivity index (χ1) is 28.5. The number of benzene rings is 1. The van der Waals surface area contributed by atoms with Crippen LogP contribution in [0.1, 0.15) is 81.3 Å². The Balaban J connectivity index is 0.760. The average molecular weight is 805 g/mol. The van der Waals surface area contributed by atoms with Gasteiger partial charge in [0, 0.05) is 82.5 Å². The van der Waals surface area contributed by atoms with Gasteiger partial charge in [0.25, 0.3) is 17.7 Å². The molecule has 0 spiro atoms. The number of piperidine rings is 3. The van der Waals surface area contributed by atoms with Crippen LogP contribution in [0.25, 0.3) is 0 Å². The van der Waals surface area contributed by atoms with Gasteiger partial charge in [-0.2, -0.15) is 0 Å². The van der Waals surface area contributed by atoms with Gasteiger partial charge in [-0.1, -0.05) is 0 Å². The molecule has 2 atom stereocenters. The Labute approximate surface area is 341 Å². The second kappa shape index (κ2) is 15.5. The molecule has 0 radical (unpaired) electrons. The Morgan fingerprint density at radius 3 is 2.37 bits per heavy atom.